The van der Waals surface area contributed by atoms with E-state index in [1.54, 1.807) is 0 Å². The third-order valence-corrected chi connectivity index (χ3v) is 3.15. The molecule has 0 unspecified atom stereocenters. The van der Waals surface area contributed by atoms with Crippen LogP contribution in [0.3, 0.4) is 0 Å². The molecule has 0 bridgehead atoms. The minimum atomic E-state index is -1.04. The second-order valence-electron chi connectivity index (χ2n) is 3.63. The Morgan fingerprint density at radius 3 is 2.61 bits per heavy atom. The van der Waals surface area contributed by atoms with Crippen LogP contribution in [0.4, 0.5) is 9.93 Å². The Hall–Kier alpha value is -1.70. The van der Waals surface area contributed by atoms with E-state index in [0.29, 0.717) is 18.0 Å². The van der Waals surface area contributed by atoms with Crippen molar-refractivity contribution < 1.29 is 14.7 Å². The number of aryl methyl sites for hydroxylation is 1. The third kappa shape index (κ3) is 4.28. The van der Waals surface area contributed by atoms with Gasteiger partial charge in [-0.05, 0) is 12.8 Å². The number of nitrogens with one attached hydrogen (secondary N) is 2. The molecule has 2 amide bonds. The Balaban J connectivity index is 2.51. The number of amides is 2. The van der Waals surface area contributed by atoms with Gasteiger partial charge in [-0.15, -0.1) is 10.2 Å². The molecule has 1 aromatic heterocycles. The molecule has 0 aromatic carbocycles. The second kappa shape index (κ2) is 6.90. The first kappa shape index (κ1) is 14.4. The molecule has 100 valence electrons. The molecule has 0 aliphatic heterocycles. The van der Waals surface area contributed by atoms with Gasteiger partial charge in [0, 0.05) is 0 Å². The molecule has 1 heterocycles. The maximum absolute atomic E-state index is 11.6. The molecule has 8 heteroatoms. The summed E-state index contributed by atoms with van der Waals surface area (Å²) >= 11 is 1.27. The Morgan fingerprint density at radius 1 is 1.39 bits per heavy atom. The van der Waals surface area contributed by atoms with Crippen molar-refractivity contribution in [3.8, 4) is 0 Å². The fourth-order valence-corrected chi connectivity index (χ4v) is 1.96. The number of aliphatic carboxylic acids is 1. The number of carbonyl (C=O) groups excluding carboxylic acids is 1. The number of carbonyl (C=O) groups is 2. The molecular formula is C10H16N4O3S. The van der Waals surface area contributed by atoms with Gasteiger partial charge in [0.15, 0.2) is 0 Å². The summed E-state index contributed by atoms with van der Waals surface area (Å²) in [6.45, 7) is 3.79. The number of anilines is 1. The van der Waals surface area contributed by atoms with Crippen molar-refractivity contribution in [1.82, 2.24) is 15.5 Å². The van der Waals surface area contributed by atoms with Crippen LogP contribution in [-0.2, 0) is 11.2 Å². The van der Waals surface area contributed by atoms with Crippen molar-refractivity contribution in [3.05, 3.63) is 5.01 Å². The highest BCUT2D eigenvalue weighted by Gasteiger charge is 2.19. The van der Waals surface area contributed by atoms with Crippen LogP contribution < -0.4 is 10.6 Å². The minimum Gasteiger partial charge on any atom is -0.480 e. The molecule has 0 spiro atoms. The van der Waals surface area contributed by atoms with Gasteiger partial charge in [-0.3, -0.25) is 5.32 Å². The molecule has 0 fully saturated rings. The summed E-state index contributed by atoms with van der Waals surface area (Å²) in [6, 6.07) is -1.46. The van der Waals surface area contributed by atoms with Crippen LogP contribution in [0.5, 0.6) is 0 Å². The number of rotatable bonds is 6. The summed E-state index contributed by atoms with van der Waals surface area (Å²) < 4.78 is 0. The third-order valence-electron chi connectivity index (χ3n) is 2.17. The maximum atomic E-state index is 11.6. The quantitative estimate of drug-likeness (QED) is 0.727. The zero-order chi connectivity index (χ0) is 13.5. The van der Waals surface area contributed by atoms with E-state index in [9.17, 15) is 9.59 Å². The van der Waals surface area contributed by atoms with Crippen molar-refractivity contribution >= 4 is 28.5 Å². The predicted octanol–water partition coefficient (Wildman–Crippen LogP) is 1.48. The summed E-state index contributed by atoms with van der Waals surface area (Å²) in [7, 11) is 0. The van der Waals surface area contributed by atoms with Crippen LogP contribution in [0, 0.1) is 0 Å². The van der Waals surface area contributed by atoms with Crippen LogP contribution in [0.15, 0.2) is 0 Å². The van der Waals surface area contributed by atoms with Crippen molar-refractivity contribution in [1.29, 1.82) is 0 Å². The van der Waals surface area contributed by atoms with E-state index in [0.717, 1.165) is 11.4 Å². The Bertz CT molecular complexity index is 421. The van der Waals surface area contributed by atoms with Gasteiger partial charge in [0.1, 0.15) is 11.0 Å². The maximum Gasteiger partial charge on any atom is 0.326 e. The zero-order valence-corrected chi connectivity index (χ0v) is 11.1. The lowest BCUT2D eigenvalue weighted by Gasteiger charge is -2.12. The molecule has 0 saturated carbocycles. The number of carboxylic acids is 1. The van der Waals surface area contributed by atoms with Gasteiger partial charge in [0.05, 0.1) is 0 Å². The van der Waals surface area contributed by atoms with E-state index in [1.807, 2.05) is 13.8 Å². The minimum absolute atomic E-state index is 0.366. The van der Waals surface area contributed by atoms with Crippen molar-refractivity contribution in [2.75, 3.05) is 5.32 Å². The Kier molecular flexibility index (Phi) is 5.50. The number of aromatic nitrogens is 2. The second-order valence-corrected chi connectivity index (χ2v) is 4.69. The molecule has 1 rings (SSSR count). The highest BCUT2D eigenvalue weighted by atomic mass is 32.1. The summed E-state index contributed by atoms with van der Waals surface area (Å²) in [4.78, 5) is 22.4. The SMILES string of the molecule is CCC[C@@H](NC(=O)Nc1nnc(CC)s1)C(=O)O. The van der Waals surface area contributed by atoms with Gasteiger partial charge in [0.25, 0.3) is 0 Å². The predicted molar refractivity (Wildman–Crippen MR) is 67.8 cm³/mol. The fourth-order valence-electron chi connectivity index (χ4n) is 1.28. The highest BCUT2D eigenvalue weighted by molar-refractivity contribution is 7.15. The molecule has 7 nitrogen and oxygen atoms in total. The normalized spacial score (nSPS) is 11.9. The van der Waals surface area contributed by atoms with Gasteiger partial charge in [-0.25, -0.2) is 9.59 Å². The first-order valence-corrected chi connectivity index (χ1v) is 6.51. The van der Waals surface area contributed by atoms with Crippen LogP contribution >= 0.6 is 11.3 Å². The van der Waals surface area contributed by atoms with E-state index < -0.39 is 18.0 Å². The molecule has 1 atom stereocenters. The van der Waals surface area contributed by atoms with Crippen LogP contribution in [-0.4, -0.2) is 33.3 Å². The van der Waals surface area contributed by atoms with Gasteiger partial charge in [0.2, 0.25) is 5.13 Å². The van der Waals surface area contributed by atoms with Gasteiger partial charge in [-0.1, -0.05) is 31.6 Å². The van der Waals surface area contributed by atoms with Crippen molar-refractivity contribution in [3.63, 3.8) is 0 Å². The summed E-state index contributed by atoms with van der Waals surface area (Å²) in [6.07, 6.45) is 1.81. The fraction of sp³-hybridized carbons (Fsp3) is 0.600. The number of carboxylic acid groups (broad SMARTS) is 1. The van der Waals surface area contributed by atoms with E-state index >= 15 is 0 Å². The van der Waals surface area contributed by atoms with Crippen LogP contribution in [0.1, 0.15) is 31.7 Å². The average molecular weight is 272 g/mol. The Morgan fingerprint density at radius 2 is 2.11 bits per heavy atom. The summed E-state index contributed by atoms with van der Waals surface area (Å²) in [5, 5.41) is 22.5. The lowest BCUT2D eigenvalue weighted by Crippen LogP contribution is -2.42. The van der Waals surface area contributed by atoms with E-state index in [2.05, 4.69) is 20.8 Å². The van der Waals surface area contributed by atoms with Crippen molar-refractivity contribution in [2.45, 2.75) is 39.2 Å². The number of urea groups is 1. The van der Waals surface area contributed by atoms with Gasteiger partial charge in [-0.2, -0.15) is 0 Å². The van der Waals surface area contributed by atoms with E-state index in [-0.39, 0.29) is 0 Å². The number of nitrogens with zero attached hydrogens (tertiary/aromatic N) is 2. The molecule has 3 N–H and O–H groups in total. The molecule has 0 aliphatic rings. The largest absolute Gasteiger partial charge is 0.480 e. The monoisotopic (exact) mass is 272 g/mol. The van der Waals surface area contributed by atoms with Gasteiger partial charge >= 0.3 is 12.0 Å². The van der Waals surface area contributed by atoms with E-state index in [1.165, 1.54) is 11.3 Å². The molecule has 0 aliphatic carbocycles. The van der Waals surface area contributed by atoms with Crippen LogP contribution in [0.2, 0.25) is 0 Å². The van der Waals surface area contributed by atoms with Crippen molar-refractivity contribution in [2.24, 2.45) is 0 Å². The summed E-state index contributed by atoms with van der Waals surface area (Å²) in [5.41, 5.74) is 0. The average Bonchev–Trinajstić information content (AvgIpc) is 2.76. The number of hydrogen-bond donors (Lipinski definition) is 3. The highest BCUT2D eigenvalue weighted by Crippen LogP contribution is 2.15. The smallest absolute Gasteiger partial charge is 0.326 e. The molecule has 0 saturated heterocycles. The van der Waals surface area contributed by atoms with Crippen LogP contribution in [0.25, 0.3) is 0 Å². The first-order valence-electron chi connectivity index (χ1n) is 5.69. The topological polar surface area (TPSA) is 104 Å². The molecule has 0 radical (unpaired) electrons. The first-order chi connectivity index (χ1) is 8.56. The lowest BCUT2D eigenvalue weighted by atomic mass is 10.2. The zero-order valence-electron chi connectivity index (χ0n) is 10.3. The standard InChI is InChI=1S/C10H16N4O3S/c1-3-5-6(8(15)16)11-9(17)12-10-14-13-7(4-2)18-10/h6H,3-5H2,1-2H3,(H,15,16)(H2,11,12,14,17)/t6-/m1/s1. The molecule has 18 heavy (non-hydrogen) atoms. The lowest BCUT2D eigenvalue weighted by molar-refractivity contribution is -0.139. The van der Waals surface area contributed by atoms with Gasteiger partial charge < -0.3 is 10.4 Å². The molecule has 1 aromatic rings. The summed E-state index contributed by atoms with van der Waals surface area (Å²) in [5.74, 6) is -1.04. The Labute approximate surface area is 109 Å². The number of hydrogen-bond acceptors (Lipinski definition) is 5. The van der Waals surface area contributed by atoms with E-state index in [4.69, 9.17) is 5.11 Å². The molecular weight excluding hydrogens is 256 g/mol.